The van der Waals surface area contributed by atoms with Crippen LogP contribution in [0.25, 0.3) is 0 Å². The summed E-state index contributed by atoms with van der Waals surface area (Å²) in [4.78, 5) is 19.8. The average Bonchev–Trinajstić information content (AvgIpc) is 2.16. The Morgan fingerprint density at radius 3 is 2.57 bits per heavy atom. The molecule has 0 radical (unpaired) electrons. The molecule has 3 heteroatoms. The van der Waals surface area contributed by atoms with E-state index < -0.39 is 0 Å². The molecule has 0 N–H and O–H groups in total. The van der Waals surface area contributed by atoms with Crippen LogP contribution in [0.5, 0.6) is 0 Å². The minimum Gasteiger partial charge on any atom is -0.293 e. The van der Waals surface area contributed by atoms with Gasteiger partial charge in [-0.05, 0) is 12.3 Å². The van der Waals surface area contributed by atoms with E-state index in [1.165, 1.54) is 6.92 Å². The first-order valence-corrected chi connectivity index (χ1v) is 4.93. The van der Waals surface area contributed by atoms with E-state index in [1.54, 1.807) is 6.20 Å². The van der Waals surface area contributed by atoms with Crippen molar-refractivity contribution in [3.63, 3.8) is 0 Å². The molecule has 76 valence electrons. The van der Waals surface area contributed by atoms with Crippen LogP contribution >= 0.6 is 0 Å². The van der Waals surface area contributed by atoms with E-state index in [4.69, 9.17) is 0 Å². The number of aryl methyl sites for hydroxylation is 1. The monoisotopic (exact) mass is 192 g/mol. The Hall–Kier alpha value is -1.25. The fourth-order valence-corrected chi connectivity index (χ4v) is 1.26. The Kier molecular flexibility index (Phi) is 3.33. The zero-order valence-corrected chi connectivity index (χ0v) is 9.16. The molecule has 1 aromatic heterocycles. The summed E-state index contributed by atoms with van der Waals surface area (Å²) in [6.07, 6.45) is 2.45. The van der Waals surface area contributed by atoms with Crippen molar-refractivity contribution in [2.45, 2.75) is 40.0 Å². The van der Waals surface area contributed by atoms with E-state index in [9.17, 15) is 4.79 Å². The van der Waals surface area contributed by atoms with Crippen LogP contribution in [-0.2, 0) is 6.42 Å². The molecule has 0 spiro atoms. The summed E-state index contributed by atoms with van der Waals surface area (Å²) in [5, 5.41) is 0. The maximum atomic E-state index is 11.2. The molecule has 14 heavy (non-hydrogen) atoms. The predicted octanol–water partition coefficient (Wildman–Crippen LogP) is 2.37. The number of carbonyl (C=O) groups is 1. The second kappa shape index (κ2) is 4.31. The van der Waals surface area contributed by atoms with E-state index in [1.807, 2.05) is 6.92 Å². The van der Waals surface area contributed by atoms with Gasteiger partial charge in [0.2, 0.25) is 0 Å². The Labute approximate surface area is 84.6 Å². The first kappa shape index (κ1) is 10.8. The summed E-state index contributed by atoms with van der Waals surface area (Å²) >= 11 is 0. The Morgan fingerprint density at radius 2 is 2.14 bits per heavy atom. The van der Waals surface area contributed by atoms with E-state index in [2.05, 4.69) is 23.8 Å². The molecule has 1 rings (SSSR count). The number of aromatic nitrogens is 2. The molecule has 1 aromatic rings. The van der Waals surface area contributed by atoms with Gasteiger partial charge >= 0.3 is 0 Å². The van der Waals surface area contributed by atoms with Gasteiger partial charge in [0.15, 0.2) is 5.78 Å². The maximum Gasteiger partial charge on any atom is 0.179 e. The quantitative estimate of drug-likeness (QED) is 0.690. The fraction of sp³-hybridized carbons (Fsp3) is 0.545. The SMILES string of the molecule is CCc1nc(C(C)C)cnc1C(C)=O. The molecule has 0 fully saturated rings. The molecule has 0 saturated carbocycles. The lowest BCUT2D eigenvalue weighted by atomic mass is 10.1. The molecular formula is C11H16N2O. The molecule has 0 atom stereocenters. The van der Waals surface area contributed by atoms with Crippen LogP contribution in [0.3, 0.4) is 0 Å². The summed E-state index contributed by atoms with van der Waals surface area (Å²) in [5.74, 6) is 0.346. The molecule has 0 saturated heterocycles. The van der Waals surface area contributed by atoms with Gasteiger partial charge in [0, 0.05) is 13.1 Å². The van der Waals surface area contributed by atoms with Gasteiger partial charge in [-0.3, -0.25) is 9.78 Å². The molecule has 1 heterocycles. The van der Waals surface area contributed by atoms with Gasteiger partial charge in [0.1, 0.15) is 5.69 Å². The topological polar surface area (TPSA) is 42.9 Å². The number of hydrogen-bond acceptors (Lipinski definition) is 3. The lowest BCUT2D eigenvalue weighted by molar-refractivity contribution is 0.101. The van der Waals surface area contributed by atoms with Crippen molar-refractivity contribution in [2.75, 3.05) is 0 Å². The van der Waals surface area contributed by atoms with E-state index in [0.29, 0.717) is 11.6 Å². The number of hydrogen-bond donors (Lipinski definition) is 0. The van der Waals surface area contributed by atoms with Crippen LogP contribution in [-0.4, -0.2) is 15.8 Å². The lowest BCUT2D eigenvalue weighted by Crippen LogP contribution is -2.08. The summed E-state index contributed by atoms with van der Waals surface area (Å²) < 4.78 is 0. The first-order chi connectivity index (χ1) is 6.56. The fourth-order valence-electron chi connectivity index (χ4n) is 1.26. The largest absolute Gasteiger partial charge is 0.293 e. The minimum atomic E-state index is -0.00958. The number of ketones is 1. The molecule has 0 aliphatic rings. The Bertz CT molecular complexity index is 345. The van der Waals surface area contributed by atoms with Crippen molar-refractivity contribution in [2.24, 2.45) is 0 Å². The molecule has 0 unspecified atom stereocenters. The highest BCUT2D eigenvalue weighted by atomic mass is 16.1. The van der Waals surface area contributed by atoms with Gasteiger partial charge in [-0.2, -0.15) is 0 Å². The summed E-state index contributed by atoms with van der Waals surface area (Å²) in [6.45, 7) is 7.65. The normalized spacial score (nSPS) is 10.6. The zero-order chi connectivity index (χ0) is 10.7. The van der Waals surface area contributed by atoms with Gasteiger partial charge in [-0.1, -0.05) is 20.8 Å². The highest BCUT2D eigenvalue weighted by molar-refractivity contribution is 5.93. The number of nitrogens with zero attached hydrogens (tertiary/aromatic N) is 2. The van der Waals surface area contributed by atoms with Crippen LogP contribution in [0.15, 0.2) is 6.20 Å². The third kappa shape index (κ3) is 2.16. The van der Waals surface area contributed by atoms with Crippen LogP contribution in [0.1, 0.15) is 55.5 Å². The average molecular weight is 192 g/mol. The van der Waals surface area contributed by atoms with Crippen LogP contribution in [0, 0.1) is 0 Å². The van der Waals surface area contributed by atoms with Crippen molar-refractivity contribution in [3.05, 3.63) is 23.3 Å². The predicted molar refractivity (Wildman–Crippen MR) is 55.5 cm³/mol. The molecule has 3 nitrogen and oxygen atoms in total. The van der Waals surface area contributed by atoms with Crippen molar-refractivity contribution in [3.8, 4) is 0 Å². The summed E-state index contributed by atoms with van der Waals surface area (Å²) in [6, 6.07) is 0. The smallest absolute Gasteiger partial charge is 0.179 e. The van der Waals surface area contributed by atoms with Gasteiger partial charge in [0.05, 0.1) is 11.4 Å². The maximum absolute atomic E-state index is 11.2. The minimum absolute atomic E-state index is 0.00958. The molecule has 0 aliphatic heterocycles. The third-order valence-corrected chi connectivity index (χ3v) is 2.12. The van der Waals surface area contributed by atoms with E-state index >= 15 is 0 Å². The lowest BCUT2D eigenvalue weighted by Gasteiger charge is -2.08. The second-order valence-corrected chi connectivity index (χ2v) is 3.65. The van der Waals surface area contributed by atoms with Crippen molar-refractivity contribution in [1.82, 2.24) is 9.97 Å². The third-order valence-electron chi connectivity index (χ3n) is 2.12. The molecule has 0 aromatic carbocycles. The van der Waals surface area contributed by atoms with Gasteiger partial charge in [-0.25, -0.2) is 4.98 Å². The Balaban J connectivity index is 3.18. The van der Waals surface area contributed by atoms with Gasteiger partial charge < -0.3 is 0 Å². The molecule has 0 amide bonds. The van der Waals surface area contributed by atoms with Crippen molar-refractivity contribution < 1.29 is 4.79 Å². The van der Waals surface area contributed by atoms with Crippen molar-refractivity contribution >= 4 is 5.78 Å². The Morgan fingerprint density at radius 1 is 1.50 bits per heavy atom. The van der Waals surface area contributed by atoms with Gasteiger partial charge in [0.25, 0.3) is 0 Å². The summed E-state index contributed by atoms with van der Waals surface area (Å²) in [7, 11) is 0. The number of carbonyl (C=O) groups excluding carboxylic acids is 1. The zero-order valence-electron chi connectivity index (χ0n) is 9.16. The highest BCUT2D eigenvalue weighted by Crippen LogP contribution is 2.13. The van der Waals surface area contributed by atoms with E-state index in [0.717, 1.165) is 17.8 Å². The second-order valence-electron chi connectivity index (χ2n) is 3.65. The summed E-state index contributed by atoms with van der Waals surface area (Å²) in [5.41, 5.74) is 2.27. The molecule has 0 aliphatic carbocycles. The molecule has 0 bridgehead atoms. The number of rotatable bonds is 3. The van der Waals surface area contributed by atoms with Crippen LogP contribution in [0.2, 0.25) is 0 Å². The van der Waals surface area contributed by atoms with Crippen molar-refractivity contribution in [1.29, 1.82) is 0 Å². The van der Waals surface area contributed by atoms with Crippen LogP contribution < -0.4 is 0 Å². The van der Waals surface area contributed by atoms with Crippen LogP contribution in [0.4, 0.5) is 0 Å². The first-order valence-electron chi connectivity index (χ1n) is 4.93. The van der Waals surface area contributed by atoms with Gasteiger partial charge in [-0.15, -0.1) is 0 Å². The standard InChI is InChI=1S/C11H16N2O/c1-5-9-11(8(4)14)12-6-10(13-9)7(2)3/h6-7H,5H2,1-4H3. The van der Waals surface area contributed by atoms with E-state index in [-0.39, 0.29) is 5.78 Å². The highest BCUT2D eigenvalue weighted by Gasteiger charge is 2.11. The molecular weight excluding hydrogens is 176 g/mol. The number of Topliss-reactive ketones (excluding diaryl/α,β-unsaturated/α-hetero) is 1.